The molecule has 0 bridgehead atoms. The molecule has 4 rings (SSSR count). The number of anilines is 2. The molecule has 3 amide bonds. The fourth-order valence-corrected chi connectivity index (χ4v) is 5.61. The SMILES string of the molecule is CCN(CC)[C@H]1C[C@H](CN2C(=O)C(O)(c3c(F)cc(F)cc3F)c3c2cc(NC(=O)N(C)C)cc3C(F)(F)F)C1. The first-order valence-corrected chi connectivity index (χ1v) is 12.8. The summed E-state index contributed by atoms with van der Waals surface area (Å²) >= 11 is 0. The molecule has 2 aromatic rings. The van der Waals surface area contributed by atoms with E-state index in [9.17, 15) is 41.0 Å². The highest BCUT2D eigenvalue weighted by atomic mass is 19.4. The van der Waals surface area contributed by atoms with Crippen LogP contribution in [0.15, 0.2) is 24.3 Å². The molecule has 7 nitrogen and oxygen atoms in total. The molecule has 1 aliphatic heterocycles. The molecule has 1 atom stereocenters. The fourth-order valence-electron chi connectivity index (χ4n) is 5.61. The van der Waals surface area contributed by atoms with Gasteiger partial charge in [0.15, 0.2) is 0 Å². The van der Waals surface area contributed by atoms with Gasteiger partial charge in [-0.15, -0.1) is 0 Å². The molecule has 218 valence electrons. The molecule has 1 fully saturated rings. The highest BCUT2D eigenvalue weighted by Gasteiger charge is 2.58. The van der Waals surface area contributed by atoms with Crippen LogP contribution in [0, 0.1) is 23.4 Å². The highest BCUT2D eigenvalue weighted by Crippen LogP contribution is 2.53. The normalized spacial score (nSPS) is 22.4. The molecule has 1 saturated carbocycles. The van der Waals surface area contributed by atoms with Crippen molar-refractivity contribution in [2.24, 2.45) is 5.92 Å². The van der Waals surface area contributed by atoms with Crippen LogP contribution in [0.1, 0.15) is 43.4 Å². The third-order valence-corrected chi connectivity index (χ3v) is 7.64. The van der Waals surface area contributed by atoms with E-state index in [4.69, 9.17) is 0 Å². The smallest absolute Gasteiger partial charge is 0.371 e. The maximum atomic E-state index is 15.0. The Labute approximate surface area is 227 Å². The van der Waals surface area contributed by atoms with Gasteiger partial charge in [0, 0.05) is 50.1 Å². The predicted octanol–water partition coefficient (Wildman–Crippen LogP) is 4.92. The first-order valence-electron chi connectivity index (χ1n) is 12.8. The molecule has 1 aliphatic carbocycles. The zero-order valence-electron chi connectivity index (χ0n) is 22.4. The number of urea groups is 1. The van der Waals surface area contributed by atoms with Crippen LogP contribution in [0.4, 0.5) is 42.5 Å². The molecule has 0 radical (unpaired) electrons. The van der Waals surface area contributed by atoms with Crippen molar-refractivity contribution in [3.63, 3.8) is 0 Å². The van der Waals surface area contributed by atoms with Crippen LogP contribution in [0.25, 0.3) is 0 Å². The van der Waals surface area contributed by atoms with Gasteiger partial charge in [0.2, 0.25) is 5.60 Å². The monoisotopic (exact) mass is 572 g/mol. The number of aliphatic hydroxyl groups is 1. The van der Waals surface area contributed by atoms with Gasteiger partial charge < -0.3 is 25.1 Å². The van der Waals surface area contributed by atoms with Crippen molar-refractivity contribution < 1.29 is 41.0 Å². The van der Waals surface area contributed by atoms with Gasteiger partial charge in [0.1, 0.15) is 17.5 Å². The van der Waals surface area contributed by atoms with Crippen molar-refractivity contribution >= 4 is 23.3 Å². The minimum atomic E-state index is -5.22. The lowest BCUT2D eigenvalue weighted by Gasteiger charge is -2.43. The van der Waals surface area contributed by atoms with Crippen molar-refractivity contribution in [3.05, 3.63) is 58.4 Å². The summed E-state index contributed by atoms with van der Waals surface area (Å²) in [6.07, 6.45) is -3.99. The van der Waals surface area contributed by atoms with Crippen molar-refractivity contribution in [3.8, 4) is 0 Å². The number of nitrogens with one attached hydrogen (secondary N) is 1. The molecular weight excluding hydrogens is 542 g/mol. The second-order valence-corrected chi connectivity index (χ2v) is 10.3. The molecule has 13 heteroatoms. The average Bonchev–Trinajstić information content (AvgIpc) is 3.03. The van der Waals surface area contributed by atoms with E-state index in [0.29, 0.717) is 18.9 Å². The number of hydrogen-bond donors (Lipinski definition) is 2. The Hall–Kier alpha value is -3.32. The van der Waals surface area contributed by atoms with Crippen molar-refractivity contribution in [1.82, 2.24) is 9.80 Å². The van der Waals surface area contributed by atoms with Gasteiger partial charge in [0.05, 0.1) is 16.8 Å². The van der Waals surface area contributed by atoms with Crippen molar-refractivity contribution in [1.29, 1.82) is 0 Å². The number of fused-ring (bicyclic) bond motifs is 1. The highest BCUT2D eigenvalue weighted by molar-refractivity contribution is 6.10. The maximum absolute atomic E-state index is 15.0. The van der Waals surface area contributed by atoms with Gasteiger partial charge >= 0.3 is 12.2 Å². The first-order chi connectivity index (χ1) is 18.6. The molecular formula is C27H30F6N4O3. The molecule has 40 heavy (non-hydrogen) atoms. The van der Waals surface area contributed by atoms with Crippen LogP contribution < -0.4 is 10.2 Å². The Morgan fingerprint density at radius 2 is 1.62 bits per heavy atom. The van der Waals surface area contributed by atoms with Crippen LogP contribution >= 0.6 is 0 Å². The van der Waals surface area contributed by atoms with Gasteiger partial charge in [-0.3, -0.25) is 4.79 Å². The topological polar surface area (TPSA) is 76.1 Å². The quantitative estimate of drug-likeness (QED) is 0.462. The third kappa shape index (κ3) is 5.00. The van der Waals surface area contributed by atoms with E-state index in [-0.39, 0.29) is 36.3 Å². The Balaban J connectivity index is 1.89. The van der Waals surface area contributed by atoms with Crippen LogP contribution in [0.3, 0.4) is 0 Å². The Bertz CT molecular complexity index is 1300. The number of amides is 3. The zero-order valence-corrected chi connectivity index (χ0v) is 22.4. The first kappa shape index (κ1) is 29.7. The van der Waals surface area contributed by atoms with Gasteiger partial charge in [0.25, 0.3) is 5.91 Å². The lowest BCUT2D eigenvalue weighted by atomic mass is 9.78. The van der Waals surface area contributed by atoms with E-state index >= 15 is 0 Å². The van der Waals surface area contributed by atoms with Crippen LogP contribution in [0.5, 0.6) is 0 Å². The van der Waals surface area contributed by atoms with Crippen molar-refractivity contribution in [2.45, 2.75) is 44.5 Å². The number of halogens is 6. The molecule has 0 aromatic heterocycles. The summed E-state index contributed by atoms with van der Waals surface area (Å²) in [5, 5.41) is 13.9. The number of rotatable bonds is 7. The summed E-state index contributed by atoms with van der Waals surface area (Å²) < 4.78 is 87.0. The van der Waals surface area contributed by atoms with Gasteiger partial charge in [-0.25, -0.2) is 18.0 Å². The van der Waals surface area contributed by atoms with E-state index in [1.165, 1.54) is 14.1 Å². The molecule has 2 N–H and O–H groups in total. The summed E-state index contributed by atoms with van der Waals surface area (Å²) in [4.78, 5) is 30.2. The summed E-state index contributed by atoms with van der Waals surface area (Å²) in [6.45, 7) is 5.41. The van der Waals surface area contributed by atoms with Gasteiger partial charge in [-0.2, -0.15) is 13.2 Å². The Kier molecular flexibility index (Phi) is 7.85. The van der Waals surface area contributed by atoms with E-state index in [1.54, 1.807) is 0 Å². The van der Waals surface area contributed by atoms with E-state index in [0.717, 1.165) is 29.0 Å². The number of nitrogens with zero attached hydrogens (tertiary/aromatic N) is 3. The third-order valence-electron chi connectivity index (χ3n) is 7.64. The van der Waals surface area contributed by atoms with E-state index in [2.05, 4.69) is 10.2 Å². The zero-order chi connectivity index (χ0) is 29.7. The largest absolute Gasteiger partial charge is 0.416 e. The van der Waals surface area contributed by atoms with Crippen LogP contribution in [-0.4, -0.2) is 66.6 Å². The number of hydrogen-bond acceptors (Lipinski definition) is 4. The second-order valence-electron chi connectivity index (χ2n) is 10.3. The minimum Gasteiger partial charge on any atom is -0.371 e. The Morgan fingerprint density at radius 3 is 2.12 bits per heavy atom. The minimum absolute atomic E-state index is 0.140. The van der Waals surface area contributed by atoms with E-state index in [1.807, 2.05) is 13.8 Å². The molecule has 2 aliphatic rings. The van der Waals surface area contributed by atoms with Gasteiger partial charge in [-0.1, -0.05) is 13.8 Å². The Morgan fingerprint density at radius 1 is 1.05 bits per heavy atom. The summed E-state index contributed by atoms with van der Waals surface area (Å²) in [7, 11) is 2.73. The number of carbonyl (C=O) groups excluding carboxylic acids is 2. The fraction of sp³-hybridized carbons (Fsp3) is 0.481. The van der Waals surface area contributed by atoms with Crippen LogP contribution in [-0.2, 0) is 16.6 Å². The average molecular weight is 573 g/mol. The number of carbonyl (C=O) groups is 2. The molecule has 2 aromatic carbocycles. The molecule has 0 saturated heterocycles. The predicted molar refractivity (Wildman–Crippen MR) is 135 cm³/mol. The van der Waals surface area contributed by atoms with Crippen molar-refractivity contribution in [2.75, 3.05) is 43.9 Å². The standard InChI is InChI=1S/C27H30F6N4O3/c1-5-36(6-2)17-7-14(8-17)13-37-21-12-16(34-25(39)35(3)4)11-18(27(31,32)33)22(21)26(40,24(37)38)23-19(29)9-15(28)10-20(23)30/h9-12,14,17,40H,5-8,13H2,1-4H3,(H,34,39)/t14-,17-,26?. The number of benzene rings is 2. The summed E-state index contributed by atoms with van der Waals surface area (Å²) in [6, 6.07) is 1.34. The lowest BCUT2D eigenvalue weighted by Crippen LogP contribution is -2.50. The summed E-state index contributed by atoms with van der Waals surface area (Å²) in [5.74, 6) is -6.39. The lowest BCUT2D eigenvalue weighted by molar-refractivity contribution is -0.142. The van der Waals surface area contributed by atoms with E-state index < -0.39 is 63.5 Å². The van der Waals surface area contributed by atoms with Crippen LogP contribution in [0.2, 0.25) is 0 Å². The molecule has 1 heterocycles. The van der Waals surface area contributed by atoms with Gasteiger partial charge in [-0.05, 0) is 44.0 Å². The summed E-state index contributed by atoms with van der Waals surface area (Å²) in [5.41, 5.74) is -8.32. The molecule has 0 spiro atoms. The number of alkyl halides is 3. The second kappa shape index (κ2) is 10.6. The molecule has 1 unspecified atom stereocenters. The maximum Gasteiger partial charge on any atom is 0.416 e.